The van der Waals surface area contributed by atoms with Crippen LogP contribution < -0.4 is 11.3 Å². The van der Waals surface area contributed by atoms with Gasteiger partial charge < -0.3 is 10.7 Å². The van der Waals surface area contributed by atoms with Crippen molar-refractivity contribution >= 4 is 22.8 Å². The summed E-state index contributed by atoms with van der Waals surface area (Å²) >= 11 is 0. The van der Waals surface area contributed by atoms with Gasteiger partial charge in [-0.3, -0.25) is 14.6 Å². The van der Waals surface area contributed by atoms with Crippen LogP contribution in [0.15, 0.2) is 4.79 Å². The molecule has 0 amide bonds. The fraction of sp³-hybridized carbons (Fsp3) is 0.308. The molecule has 0 bridgehead atoms. The number of nitrogens with one attached hydrogen (secondary N) is 2. The molecule has 98 valence electrons. The molecule has 0 saturated heterocycles. The second-order valence-corrected chi connectivity index (χ2v) is 5.27. The number of terminal acetylenes is 1. The fourth-order valence-corrected chi connectivity index (χ4v) is 1.81. The first-order valence-electron chi connectivity index (χ1n) is 5.68. The van der Waals surface area contributed by atoms with E-state index in [1.54, 1.807) is 20.8 Å². The van der Waals surface area contributed by atoms with Crippen molar-refractivity contribution in [2.75, 3.05) is 5.73 Å². The van der Waals surface area contributed by atoms with Gasteiger partial charge in [0.05, 0.1) is 5.56 Å². The first-order chi connectivity index (χ1) is 8.75. The van der Waals surface area contributed by atoms with Crippen molar-refractivity contribution < 1.29 is 4.79 Å². The molecule has 0 fully saturated rings. The van der Waals surface area contributed by atoms with Crippen LogP contribution in [-0.4, -0.2) is 20.7 Å². The summed E-state index contributed by atoms with van der Waals surface area (Å²) in [4.78, 5) is 33.3. The molecular formula is C13H14N4O2. The van der Waals surface area contributed by atoms with Crippen LogP contribution in [0.4, 0.5) is 5.95 Å². The lowest BCUT2D eigenvalue weighted by molar-refractivity contribution is 0.0853. The minimum Gasteiger partial charge on any atom is -0.369 e. The average molecular weight is 258 g/mol. The van der Waals surface area contributed by atoms with Crippen molar-refractivity contribution in [2.45, 2.75) is 20.8 Å². The highest BCUT2D eigenvalue weighted by atomic mass is 16.1. The summed E-state index contributed by atoms with van der Waals surface area (Å²) < 4.78 is 0. The molecule has 6 heteroatoms. The summed E-state index contributed by atoms with van der Waals surface area (Å²) in [6, 6.07) is 0. The smallest absolute Gasteiger partial charge is 0.263 e. The molecular weight excluding hydrogens is 244 g/mol. The molecule has 0 aromatic carbocycles. The van der Waals surface area contributed by atoms with E-state index in [4.69, 9.17) is 12.2 Å². The lowest BCUT2D eigenvalue weighted by Gasteiger charge is -2.15. The number of nitrogen functional groups attached to an aromatic ring is 1. The second-order valence-electron chi connectivity index (χ2n) is 5.27. The molecule has 2 aromatic rings. The molecule has 19 heavy (non-hydrogen) atoms. The number of fused-ring (bicyclic) bond motifs is 1. The summed E-state index contributed by atoms with van der Waals surface area (Å²) in [7, 11) is 0. The quantitative estimate of drug-likeness (QED) is 0.525. The Balaban J connectivity index is 2.86. The van der Waals surface area contributed by atoms with Gasteiger partial charge in [-0.05, 0) is 0 Å². The van der Waals surface area contributed by atoms with E-state index < -0.39 is 11.0 Å². The number of ketones is 1. The van der Waals surface area contributed by atoms with Gasteiger partial charge >= 0.3 is 0 Å². The molecule has 0 atom stereocenters. The third-order valence-corrected chi connectivity index (χ3v) is 2.73. The number of hydrogen-bond acceptors (Lipinski definition) is 4. The highest BCUT2D eigenvalue weighted by molar-refractivity contribution is 6.05. The molecule has 2 heterocycles. The van der Waals surface area contributed by atoms with Crippen molar-refractivity contribution in [3.63, 3.8) is 0 Å². The molecule has 0 unspecified atom stereocenters. The van der Waals surface area contributed by atoms with Crippen LogP contribution in [0.3, 0.4) is 0 Å². The number of H-pyrrole nitrogens is 2. The Morgan fingerprint density at radius 3 is 2.53 bits per heavy atom. The van der Waals surface area contributed by atoms with E-state index in [0.717, 1.165) is 0 Å². The van der Waals surface area contributed by atoms with Gasteiger partial charge in [0.1, 0.15) is 16.7 Å². The number of aromatic amines is 2. The number of hydrogen-bond donors (Lipinski definition) is 3. The maximum atomic E-state index is 12.3. The summed E-state index contributed by atoms with van der Waals surface area (Å²) in [5.74, 6) is 2.16. The van der Waals surface area contributed by atoms with E-state index in [1.165, 1.54) is 0 Å². The third-order valence-electron chi connectivity index (χ3n) is 2.73. The number of anilines is 1. The minimum atomic E-state index is -0.620. The largest absolute Gasteiger partial charge is 0.369 e. The summed E-state index contributed by atoms with van der Waals surface area (Å²) in [5.41, 5.74) is 5.05. The average Bonchev–Trinajstić information content (AvgIpc) is 2.64. The molecule has 0 aliphatic heterocycles. The maximum absolute atomic E-state index is 12.3. The van der Waals surface area contributed by atoms with Crippen molar-refractivity contribution in [2.24, 2.45) is 5.41 Å². The van der Waals surface area contributed by atoms with Crippen molar-refractivity contribution in [3.8, 4) is 12.3 Å². The van der Waals surface area contributed by atoms with E-state index in [2.05, 4.69) is 20.9 Å². The van der Waals surface area contributed by atoms with Gasteiger partial charge in [-0.25, -0.2) is 0 Å². The number of carbonyl (C=O) groups is 1. The van der Waals surface area contributed by atoms with Gasteiger partial charge in [0, 0.05) is 5.41 Å². The Kier molecular flexibility index (Phi) is 2.71. The zero-order valence-electron chi connectivity index (χ0n) is 10.9. The normalized spacial score (nSPS) is 11.5. The van der Waals surface area contributed by atoms with Crippen molar-refractivity contribution in [3.05, 3.63) is 21.6 Å². The Hall–Kier alpha value is -2.55. The van der Waals surface area contributed by atoms with Crippen LogP contribution in [0.1, 0.15) is 36.8 Å². The number of Topliss-reactive ketones (excluding diaryl/α,β-unsaturated/α-hetero) is 1. The summed E-state index contributed by atoms with van der Waals surface area (Å²) in [6.07, 6.45) is 5.42. The van der Waals surface area contributed by atoms with E-state index in [9.17, 15) is 9.59 Å². The van der Waals surface area contributed by atoms with Gasteiger partial charge in [-0.1, -0.05) is 26.7 Å². The van der Waals surface area contributed by atoms with Crippen LogP contribution >= 0.6 is 0 Å². The molecule has 0 aliphatic rings. The Labute approximate surface area is 109 Å². The van der Waals surface area contributed by atoms with Gasteiger partial charge in [0.2, 0.25) is 5.95 Å². The second kappa shape index (κ2) is 3.99. The van der Waals surface area contributed by atoms with Crippen LogP contribution in [0, 0.1) is 17.8 Å². The number of carbonyl (C=O) groups excluding carboxylic acids is 1. The standard InChI is InChI=1S/C13H14N4O2/c1-5-6-7-10(16-12(14)17-11(7)19)15-8(6)9(18)13(2,3)4/h1H,2-4H3,(H4,14,15,16,17,19). The molecule has 4 N–H and O–H groups in total. The maximum Gasteiger partial charge on any atom is 0.263 e. The number of rotatable bonds is 1. The van der Waals surface area contributed by atoms with Crippen LogP contribution in [-0.2, 0) is 0 Å². The summed E-state index contributed by atoms with van der Waals surface area (Å²) in [5, 5.41) is 0.185. The number of aromatic nitrogens is 3. The van der Waals surface area contributed by atoms with E-state index in [0.29, 0.717) is 0 Å². The molecule has 2 rings (SSSR count). The monoisotopic (exact) mass is 258 g/mol. The Morgan fingerprint density at radius 1 is 1.37 bits per heavy atom. The van der Waals surface area contributed by atoms with E-state index >= 15 is 0 Å². The number of nitrogens with zero attached hydrogens (tertiary/aromatic N) is 1. The minimum absolute atomic E-state index is 0.0305. The topological polar surface area (TPSA) is 105 Å². The van der Waals surface area contributed by atoms with Crippen molar-refractivity contribution in [1.29, 1.82) is 0 Å². The van der Waals surface area contributed by atoms with Crippen LogP contribution in [0.25, 0.3) is 11.0 Å². The highest BCUT2D eigenvalue weighted by Gasteiger charge is 2.28. The molecule has 0 spiro atoms. The Bertz CT molecular complexity index is 769. The number of nitrogens with two attached hydrogens (primary N) is 1. The van der Waals surface area contributed by atoms with Gasteiger partial charge in [-0.2, -0.15) is 4.98 Å². The highest BCUT2D eigenvalue weighted by Crippen LogP contribution is 2.25. The van der Waals surface area contributed by atoms with Crippen molar-refractivity contribution in [1.82, 2.24) is 15.0 Å². The first kappa shape index (κ1) is 12.9. The molecule has 0 saturated carbocycles. The molecule has 0 radical (unpaired) electrons. The zero-order valence-corrected chi connectivity index (χ0v) is 10.9. The third kappa shape index (κ3) is 1.99. The van der Waals surface area contributed by atoms with Gasteiger partial charge in [0.25, 0.3) is 5.56 Å². The molecule has 2 aromatic heterocycles. The van der Waals surface area contributed by atoms with Gasteiger partial charge in [0.15, 0.2) is 5.78 Å². The molecule has 0 aliphatic carbocycles. The SMILES string of the molecule is C#Cc1c(C(=O)C(C)(C)C)[nH]c2nc(N)[nH]c(=O)c12. The first-order valence-corrected chi connectivity index (χ1v) is 5.68. The van der Waals surface area contributed by atoms with Gasteiger partial charge in [-0.15, -0.1) is 6.42 Å². The lowest BCUT2D eigenvalue weighted by atomic mass is 9.87. The van der Waals surface area contributed by atoms with E-state index in [-0.39, 0.29) is 34.0 Å². The van der Waals surface area contributed by atoms with Crippen LogP contribution in [0.5, 0.6) is 0 Å². The Morgan fingerprint density at radius 2 is 2.00 bits per heavy atom. The van der Waals surface area contributed by atoms with E-state index in [1.807, 2.05) is 0 Å². The fourth-order valence-electron chi connectivity index (χ4n) is 1.81. The van der Waals surface area contributed by atoms with Crippen LogP contribution in [0.2, 0.25) is 0 Å². The molecule has 6 nitrogen and oxygen atoms in total. The lowest BCUT2D eigenvalue weighted by Crippen LogP contribution is -2.21. The predicted molar refractivity (Wildman–Crippen MR) is 72.8 cm³/mol. The zero-order chi connectivity index (χ0) is 14.4. The predicted octanol–water partition coefficient (Wildman–Crippen LogP) is 1.04. The summed E-state index contributed by atoms with van der Waals surface area (Å²) in [6.45, 7) is 5.31.